The second kappa shape index (κ2) is 14.0. The zero-order chi connectivity index (χ0) is 39.8. The van der Waals surface area contributed by atoms with Gasteiger partial charge in [-0.2, -0.15) is 9.97 Å². The van der Waals surface area contributed by atoms with Crippen molar-refractivity contribution in [2.45, 2.75) is 71.4 Å². The number of halogens is 2. The number of rotatable bonds is 6. The number of anilines is 1. The van der Waals surface area contributed by atoms with E-state index in [-0.39, 0.29) is 40.2 Å². The maximum atomic E-state index is 17.4. The smallest absolute Gasteiger partial charge is 0.410 e. The highest BCUT2D eigenvalue weighted by atomic mass is 32.3. The van der Waals surface area contributed by atoms with Crippen LogP contribution in [-0.4, -0.2) is 112 Å². The highest BCUT2D eigenvalue weighted by molar-refractivity contribution is 8.32. The highest BCUT2D eigenvalue weighted by Crippen LogP contribution is 2.49. The van der Waals surface area contributed by atoms with Crippen molar-refractivity contribution >= 4 is 43.6 Å². The number of piperazine rings is 1. The third kappa shape index (κ3) is 7.15. The van der Waals surface area contributed by atoms with Gasteiger partial charge >= 0.3 is 12.1 Å². The number of benzene rings is 2. The van der Waals surface area contributed by atoms with Gasteiger partial charge in [0.1, 0.15) is 28.4 Å². The summed E-state index contributed by atoms with van der Waals surface area (Å²) in [7, 11) is -0.549. The lowest BCUT2D eigenvalue weighted by Crippen LogP contribution is -2.65. The normalized spacial score (nSPS) is 23.8. The van der Waals surface area contributed by atoms with Gasteiger partial charge in [0.15, 0.2) is 5.82 Å². The number of ether oxygens (including phenoxy) is 2. The molecule has 2 aromatic carbocycles. The molecule has 4 aromatic rings. The molecule has 0 radical (unpaired) electrons. The van der Waals surface area contributed by atoms with Gasteiger partial charge < -0.3 is 24.2 Å². The summed E-state index contributed by atoms with van der Waals surface area (Å²) in [6.45, 7) is 14.7. The van der Waals surface area contributed by atoms with Crippen LogP contribution in [0.1, 0.15) is 65.1 Å². The van der Waals surface area contributed by atoms with Gasteiger partial charge in [0.25, 0.3) is 0 Å². The zero-order valence-corrected chi connectivity index (χ0v) is 34.6. The second-order valence-electron chi connectivity index (χ2n) is 18.4. The van der Waals surface area contributed by atoms with Crippen molar-refractivity contribution in [3.8, 4) is 29.6 Å². The maximum absolute atomic E-state index is 17.4. The molecule has 1 unspecified atom stereocenters. The number of terminal acetylenes is 1. The van der Waals surface area contributed by atoms with Gasteiger partial charge in [-0.1, -0.05) is 37.1 Å². The summed E-state index contributed by atoms with van der Waals surface area (Å²) in [6.07, 6.45) is 14.2. The molecule has 3 aliphatic heterocycles. The lowest BCUT2D eigenvalue weighted by atomic mass is 9.81. The molecule has 12 heteroatoms. The monoisotopic (exact) mass is 784 g/mol. The Morgan fingerprint density at radius 3 is 2.55 bits per heavy atom. The molecule has 56 heavy (non-hydrogen) atoms. The lowest BCUT2D eigenvalue weighted by Gasteiger charge is -2.51. The quantitative estimate of drug-likeness (QED) is 0.182. The van der Waals surface area contributed by atoms with Gasteiger partial charge in [-0.25, -0.2) is 28.6 Å². The summed E-state index contributed by atoms with van der Waals surface area (Å²) in [4.78, 5) is 35.0. The average Bonchev–Trinajstić information content (AvgIpc) is 3.95. The van der Waals surface area contributed by atoms with E-state index in [1.807, 2.05) is 26.8 Å². The van der Waals surface area contributed by atoms with E-state index in [0.717, 1.165) is 32.5 Å². The van der Waals surface area contributed by atoms with Crippen molar-refractivity contribution in [1.82, 2.24) is 24.8 Å². The highest BCUT2D eigenvalue weighted by Gasteiger charge is 2.49. The summed E-state index contributed by atoms with van der Waals surface area (Å²) in [5.74, 6) is 4.34. The van der Waals surface area contributed by atoms with E-state index in [4.69, 9.17) is 30.8 Å². The largest absolute Gasteiger partial charge is 0.463 e. The van der Waals surface area contributed by atoms with E-state index in [0.29, 0.717) is 65.9 Å². The number of aromatic nitrogens is 3. The first-order valence-corrected chi connectivity index (χ1v) is 22.7. The Morgan fingerprint density at radius 2 is 1.82 bits per heavy atom. The topological polar surface area (TPSA) is 83.9 Å². The maximum Gasteiger partial charge on any atom is 0.410 e. The lowest BCUT2D eigenvalue weighted by molar-refractivity contribution is 0.0136. The van der Waals surface area contributed by atoms with Crippen molar-refractivity contribution in [3.63, 3.8) is 0 Å². The van der Waals surface area contributed by atoms with Crippen LogP contribution >= 0.6 is 10.0 Å². The molecule has 4 aliphatic rings. The number of pyridine rings is 1. The van der Waals surface area contributed by atoms with Crippen LogP contribution in [0.15, 0.2) is 30.3 Å². The molecule has 2 aromatic heterocycles. The number of carbonyl (C=O) groups excluding carboxylic acids is 1. The van der Waals surface area contributed by atoms with Crippen molar-refractivity contribution in [1.29, 1.82) is 0 Å². The standard InChI is InChI=1S/C44H54F2N6O3S/c1-9-30-32(45)15-14-29-12-10-13-31(34(29)30)37-36(46)38-35-33(47-37)24-28(2)43(6)25-51(41(53)55-42(3,4)5)19-20-52(43)39(35)49-40(48-38)54-27-44(16-17-44)26-50-18-11-22-56(7,8)23-21-50/h1,10,12-15,28H,11,16-27H2,2-8H3/t28-,43?/m0/s1. The number of nitrogens with zero attached hydrogens (tertiary/aromatic N) is 6. The fourth-order valence-electron chi connectivity index (χ4n) is 8.92. The SMILES string of the molecule is C#Cc1c(F)ccc2cccc(-c3nc4c5c(nc(OCC6(CN7CCCS(C)(C)CC7)CC6)nc5c3F)N3CCN(C(=O)OC(C)(C)C)CC3(C)[C@@H](C)C4)c12. The molecule has 2 atom stereocenters. The Morgan fingerprint density at radius 1 is 1.04 bits per heavy atom. The van der Waals surface area contributed by atoms with Crippen LogP contribution in [0.5, 0.6) is 6.01 Å². The number of carbonyl (C=O) groups is 1. The van der Waals surface area contributed by atoms with E-state index in [1.54, 1.807) is 23.1 Å². The molecule has 2 saturated heterocycles. The fourth-order valence-corrected chi connectivity index (χ4v) is 10.8. The van der Waals surface area contributed by atoms with Crippen LogP contribution in [0.3, 0.4) is 0 Å². The van der Waals surface area contributed by atoms with Crippen LogP contribution in [0.2, 0.25) is 0 Å². The molecule has 5 heterocycles. The van der Waals surface area contributed by atoms with Gasteiger partial charge in [0, 0.05) is 49.1 Å². The molecule has 0 spiro atoms. The first-order chi connectivity index (χ1) is 26.5. The Bertz CT molecular complexity index is 2270. The third-order valence-corrected chi connectivity index (χ3v) is 15.2. The van der Waals surface area contributed by atoms with E-state index >= 15 is 8.78 Å². The predicted molar refractivity (Wildman–Crippen MR) is 222 cm³/mol. The van der Waals surface area contributed by atoms with Gasteiger partial charge in [0.2, 0.25) is 0 Å². The molecule has 8 rings (SSSR count). The zero-order valence-electron chi connectivity index (χ0n) is 33.8. The minimum Gasteiger partial charge on any atom is -0.463 e. The van der Waals surface area contributed by atoms with E-state index in [1.165, 1.54) is 24.0 Å². The molecular formula is C44H54F2N6O3S. The first kappa shape index (κ1) is 38.7. The number of fused-ring (bicyclic) bond motifs is 3. The molecule has 1 saturated carbocycles. The minimum absolute atomic E-state index is 0.00405. The van der Waals surface area contributed by atoms with E-state index in [2.05, 4.69) is 42.1 Å². The van der Waals surface area contributed by atoms with Gasteiger partial charge in [0.05, 0.1) is 28.8 Å². The molecule has 0 N–H and O–H groups in total. The van der Waals surface area contributed by atoms with E-state index in [9.17, 15) is 4.79 Å². The van der Waals surface area contributed by atoms with Crippen LogP contribution in [0, 0.1) is 35.3 Å². The van der Waals surface area contributed by atoms with E-state index < -0.39 is 32.8 Å². The molecular weight excluding hydrogens is 731 g/mol. The minimum atomic E-state index is -0.642. The number of hydrogen-bond acceptors (Lipinski definition) is 8. The Balaban J connectivity index is 1.23. The van der Waals surface area contributed by atoms with Crippen molar-refractivity contribution in [2.24, 2.45) is 11.3 Å². The summed E-state index contributed by atoms with van der Waals surface area (Å²) >= 11 is 0. The predicted octanol–water partition coefficient (Wildman–Crippen LogP) is 8.04. The summed E-state index contributed by atoms with van der Waals surface area (Å²) in [6, 6.07) is 8.46. The van der Waals surface area contributed by atoms with Gasteiger partial charge in [-0.05, 0) is 101 Å². The van der Waals surface area contributed by atoms with Crippen molar-refractivity contribution in [3.05, 3.63) is 53.2 Å². The second-order valence-corrected chi connectivity index (χ2v) is 22.7. The molecule has 1 amide bonds. The molecule has 298 valence electrons. The van der Waals surface area contributed by atoms with Crippen LogP contribution < -0.4 is 9.64 Å². The fraction of sp³-hybridized carbons (Fsp3) is 0.545. The van der Waals surface area contributed by atoms with Crippen LogP contribution in [0.25, 0.3) is 32.9 Å². The summed E-state index contributed by atoms with van der Waals surface area (Å²) < 4.78 is 45.0. The summed E-state index contributed by atoms with van der Waals surface area (Å²) in [5, 5.41) is 1.63. The van der Waals surface area contributed by atoms with Gasteiger partial charge in [-0.3, -0.25) is 0 Å². The Kier molecular flexibility index (Phi) is 9.67. The summed E-state index contributed by atoms with van der Waals surface area (Å²) in [5.41, 5.74) is -0.0227. The van der Waals surface area contributed by atoms with Crippen LogP contribution in [-0.2, 0) is 11.2 Å². The van der Waals surface area contributed by atoms with Crippen molar-refractivity contribution < 1.29 is 23.0 Å². The molecule has 3 fully saturated rings. The Labute approximate surface area is 330 Å². The molecule has 9 nitrogen and oxygen atoms in total. The third-order valence-electron chi connectivity index (χ3n) is 12.6. The average molecular weight is 785 g/mol. The molecule has 1 aliphatic carbocycles. The van der Waals surface area contributed by atoms with Gasteiger partial charge in [-0.15, -0.1) is 6.42 Å². The van der Waals surface area contributed by atoms with Crippen LogP contribution in [0.4, 0.5) is 19.4 Å². The Hall–Kier alpha value is -4.21. The molecule has 0 bridgehead atoms. The first-order valence-electron chi connectivity index (χ1n) is 19.9. The number of hydrogen-bond donors (Lipinski definition) is 0. The number of amides is 1. The van der Waals surface area contributed by atoms with Crippen molar-refractivity contribution in [2.75, 3.05) is 74.8 Å².